The summed E-state index contributed by atoms with van der Waals surface area (Å²) in [7, 11) is 2.77. The first kappa shape index (κ1) is 14.8. The number of carbonyl (C=O) groups excluding carboxylic acids is 1. The molecule has 0 unspecified atom stereocenters. The minimum absolute atomic E-state index is 0.120. The van der Waals surface area contributed by atoms with Gasteiger partial charge < -0.3 is 19.5 Å². The molecule has 1 fully saturated rings. The molecule has 0 aromatic heterocycles. The van der Waals surface area contributed by atoms with Crippen molar-refractivity contribution >= 4 is 22.0 Å². The predicted molar refractivity (Wildman–Crippen MR) is 69.4 cm³/mol. The Morgan fingerprint density at radius 3 is 2.60 bits per heavy atom. The maximum absolute atomic E-state index is 13.9. The number of carbonyl (C=O) groups is 1. The fourth-order valence-electron chi connectivity index (χ4n) is 1.93. The molecule has 0 aliphatic carbocycles. The van der Waals surface area contributed by atoms with Gasteiger partial charge in [0.15, 0.2) is 6.61 Å². The minimum atomic E-state index is -3.25. The SMILES string of the molecule is COc1cc([C@@H]2NC(=O)OCC2(F)F)c(OC)cc1Br. The lowest BCUT2D eigenvalue weighted by Crippen LogP contribution is -2.49. The Balaban J connectivity index is 2.51. The summed E-state index contributed by atoms with van der Waals surface area (Å²) in [6.45, 7) is -0.981. The van der Waals surface area contributed by atoms with Crippen molar-refractivity contribution in [3.63, 3.8) is 0 Å². The van der Waals surface area contributed by atoms with E-state index >= 15 is 0 Å². The maximum atomic E-state index is 13.9. The van der Waals surface area contributed by atoms with Gasteiger partial charge >= 0.3 is 12.0 Å². The van der Waals surface area contributed by atoms with Crippen LogP contribution in [-0.2, 0) is 4.74 Å². The summed E-state index contributed by atoms with van der Waals surface area (Å²) in [6.07, 6.45) is -0.898. The van der Waals surface area contributed by atoms with Crippen molar-refractivity contribution in [1.82, 2.24) is 5.32 Å². The van der Waals surface area contributed by atoms with Crippen LogP contribution in [0, 0.1) is 0 Å². The second-order valence-electron chi connectivity index (χ2n) is 4.14. The van der Waals surface area contributed by atoms with Crippen LogP contribution in [-0.4, -0.2) is 32.8 Å². The van der Waals surface area contributed by atoms with Crippen molar-refractivity contribution < 1.29 is 27.8 Å². The molecule has 1 amide bonds. The number of halogens is 3. The van der Waals surface area contributed by atoms with Crippen LogP contribution >= 0.6 is 15.9 Å². The summed E-state index contributed by atoms with van der Waals surface area (Å²) in [6, 6.07) is 1.36. The molecule has 0 spiro atoms. The number of rotatable bonds is 3. The molecule has 1 aromatic rings. The quantitative estimate of drug-likeness (QED) is 0.909. The highest BCUT2D eigenvalue weighted by molar-refractivity contribution is 9.10. The Morgan fingerprint density at radius 2 is 2.00 bits per heavy atom. The van der Waals surface area contributed by atoms with Crippen molar-refractivity contribution in [3.05, 3.63) is 22.2 Å². The molecular formula is C12H12BrF2NO4. The zero-order valence-electron chi connectivity index (χ0n) is 10.7. The number of alkyl carbamates (subject to hydrolysis) is 1. The number of hydrogen-bond acceptors (Lipinski definition) is 4. The molecule has 5 nitrogen and oxygen atoms in total. The fourth-order valence-corrected chi connectivity index (χ4v) is 2.41. The van der Waals surface area contributed by atoms with Gasteiger partial charge in [-0.2, -0.15) is 0 Å². The zero-order chi connectivity index (χ0) is 14.9. The smallest absolute Gasteiger partial charge is 0.408 e. The second-order valence-corrected chi connectivity index (χ2v) is 5.00. The highest BCUT2D eigenvalue weighted by Crippen LogP contribution is 2.42. The second kappa shape index (κ2) is 5.43. The Bertz CT molecular complexity index is 538. The molecule has 2 rings (SSSR count). The van der Waals surface area contributed by atoms with Gasteiger partial charge in [-0.15, -0.1) is 0 Å². The molecule has 0 radical (unpaired) electrons. The zero-order valence-corrected chi connectivity index (χ0v) is 12.3. The number of benzene rings is 1. The van der Waals surface area contributed by atoms with E-state index in [9.17, 15) is 13.6 Å². The molecule has 1 heterocycles. The number of ether oxygens (including phenoxy) is 3. The number of hydrogen-bond donors (Lipinski definition) is 1. The van der Waals surface area contributed by atoms with Crippen LogP contribution < -0.4 is 14.8 Å². The normalized spacial score (nSPS) is 20.9. The van der Waals surface area contributed by atoms with E-state index in [1.165, 1.54) is 26.4 Å². The van der Waals surface area contributed by atoms with Crippen LogP contribution in [0.1, 0.15) is 11.6 Å². The number of methoxy groups -OCH3 is 2. The minimum Gasteiger partial charge on any atom is -0.496 e. The highest BCUT2D eigenvalue weighted by Gasteiger charge is 2.48. The van der Waals surface area contributed by atoms with Gasteiger partial charge in [0.2, 0.25) is 0 Å². The van der Waals surface area contributed by atoms with Gasteiger partial charge in [-0.05, 0) is 28.1 Å². The van der Waals surface area contributed by atoms with Gasteiger partial charge in [0, 0.05) is 5.56 Å². The number of alkyl halides is 2. The average Bonchev–Trinajstić information content (AvgIpc) is 2.41. The highest BCUT2D eigenvalue weighted by atomic mass is 79.9. The third-order valence-electron chi connectivity index (χ3n) is 2.90. The van der Waals surface area contributed by atoms with E-state index in [1.54, 1.807) is 0 Å². The van der Waals surface area contributed by atoms with E-state index in [2.05, 4.69) is 26.0 Å². The van der Waals surface area contributed by atoms with Gasteiger partial charge in [0.25, 0.3) is 0 Å². The van der Waals surface area contributed by atoms with Crippen molar-refractivity contribution in [2.75, 3.05) is 20.8 Å². The maximum Gasteiger partial charge on any atom is 0.408 e. The largest absolute Gasteiger partial charge is 0.496 e. The van der Waals surface area contributed by atoms with Crippen molar-refractivity contribution in [1.29, 1.82) is 0 Å². The Labute approximate surface area is 122 Å². The fraction of sp³-hybridized carbons (Fsp3) is 0.417. The lowest BCUT2D eigenvalue weighted by Gasteiger charge is -2.32. The summed E-state index contributed by atoms with van der Waals surface area (Å²) in [5.74, 6) is -2.68. The van der Waals surface area contributed by atoms with Gasteiger partial charge in [0.1, 0.15) is 17.5 Å². The summed E-state index contributed by atoms with van der Waals surface area (Å²) in [4.78, 5) is 11.2. The lowest BCUT2D eigenvalue weighted by atomic mass is 9.98. The molecule has 1 aromatic carbocycles. The molecule has 1 aliphatic rings. The van der Waals surface area contributed by atoms with Crippen LogP contribution in [0.3, 0.4) is 0 Å². The summed E-state index contributed by atoms with van der Waals surface area (Å²) >= 11 is 3.24. The predicted octanol–water partition coefficient (Wildman–Crippen LogP) is 2.88. The number of nitrogens with one attached hydrogen (secondary N) is 1. The van der Waals surface area contributed by atoms with E-state index in [1.807, 2.05) is 0 Å². The van der Waals surface area contributed by atoms with Gasteiger partial charge in [-0.1, -0.05) is 0 Å². The molecule has 20 heavy (non-hydrogen) atoms. The van der Waals surface area contributed by atoms with E-state index < -0.39 is 24.7 Å². The van der Waals surface area contributed by atoms with Crippen molar-refractivity contribution in [2.45, 2.75) is 12.0 Å². The monoisotopic (exact) mass is 351 g/mol. The Kier molecular flexibility index (Phi) is 4.03. The topological polar surface area (TPSA) is 56.8 Å². The molecule has 1 N–H and O–H groups in total. The molecule has 0 saturated carbocycles. The summed E-state index contributed by atoms with van der Waals surface area (Å²) in [5, 5.41) is 2.11. The third kappa shape index (κ3) is 2.65. The summed E-state index contributed by atoms with van der Waals surface area (Å²) in [5.41, 5.74) is 0.120. The van der Waals surface area contributed by atoms with Crippen LogP contribution in [0.25, 0.3) is 0 Å². The van der Waals surface area contributed by atoms with Crippen LogP contribution in [0.2, 0.25) is 0 Å². The lowest BCUT2D eigenvalue weighted by molar-refractivity contribution is -0.104. The average molecular weight is 352 g/mol. The van der Waals surface area contributed by atoms with Gasteiger partial charge in [0.05, 0.1) is 18.7 Å². The number of cyclic esters (lactones) is 1. The van der Waals surface area contributed by atoms with Gasteiger partial charge in [-0.25, -0.2) is 13.6 Å². The molecule has 1 atom stereocenters. The van der Waals surface area contributed by atoms with Crippen LogP contribution in [0.4, 0.5) is 13.6 Å². The van der Waals surface area contributed by atoms with E-state index in [0.29, 0.717) is 10.2 Å². The third-order valence-corrected chi connectivity index (χ3v) is 3.52. The van der Waals surface area contributed by atoms with E-state index in [0.717, 1.165) is 0 Å². The Morgan fingerprint density at radius 1 is 1.35 bits per heavy atom. The van der Waals surface area contributed by atoms with Crippen molar-refractivity contribution in [2.24, 2.45) is 0 Å². The number of amides is 1. The van der Waals surface area contributed by atoms with Crippen molar-refractivity contribution in [3.8, 4) is 11.5 Å². The van der Waals surface area contributed by atoms with Crippen LogP contribution in [0.5, 0.6) is 11.5 Å². The molecule has 110 valence electrons. The molecule has 1 aliphatic heterocycles. The molecular weight excluding hydrogens is 340 g/mol. The molecule has 1 saturated heterocycles. The molecule has 0 bridgehead atoms. The first-order valence-corrected chi connectivity index (χ1v) is 6.41. The first-order valence-electron chi connectivity index (χ1n) is 5.61. The van der Waals surface area contributed by atoms with Gasteiger partial charge in [-0.3, -0.25) is 0 Å². The van der Waals surface area contributed by atoms with E-state index in [-0.39, 0.29) is 11.3 Å². The standard InChI is InChI=1S/C12H12BrF2NO4/c1-18-8-4-7(13)9(19-2)3-6(8)10-12(14,15)5-20-11(17)16-10/h3-4,10H,5H2,1-2H3,(H,16,17)/t10-/m0/s1. The first-order chi connectivity index (χ1) is 9.39. The Hall–Kier alpha value is -1.57. The molecule has 8 heteroatoms. The summed E-state index contributed by atoms with van der Waals surface area (Å²) < 4.78 is 42.9. The van der Waals surface area contributed by atoms with E-state index in [4.69, 9.17) is 9.47 Å². The van der Waals surface area contributed by atoms with Crippen LogP contribution in [0.15, 0.2) is 16.6 Å².